The molecule has 4 heteroatoms. The number of nitrogens with one attached hydrogen (secondary N) is 1. The van der Waals surface area contributed by atoms with Crippen molar-refractivity contribution in [2.24, 2.45) is 0 Å². The molecule has 0 bridgehead atoms. The zero-order valence-electron chi connectivity index (χ0n) is 9.82. The number of hydrogen-bond acceptors (Lipinski definition) is 3. The molecule has 0 saturated carbocycles. The molecule has 0 spiro atoms. The first-order chi connectivity index (χ1) is 7.86. The maximum Gasteiger partial charge on any atom is 0.236 e. The molecular weight excluding hydrogens is 202 g/mol. The van der Waals surface area contributed by atoms with Gasteiger partial charge in [0.05, 0.1) is 6.54 Å². The Morgan fingerprint density at radius 3 is 2.88 bits per heavy atom. The van der Waals surface area contributed by atoms with Crippen LogP contribution in [0.1, 0.15) is 25.7 Å². The van der Waals surface area contributed by atoms with E-state index in [0.717, 1.165) is 13.1 Å². The zero-order chi connectivity index (χ0) is 11.0. The fraction of sp³-hybridized carbons (Fsp3) is 0.917. The zero-order valence-corrected chi connectivity index (χ0v) is 9.82. The second-order valence-corrected chi connectivity index (χ2v) is 5.22. The summed E-state index contributed by atoms with van der Waals surface area (Å²) in [4.78, 5) is 16.6. The van der Waals surface area contributed by atoms with Gasteiger partial charge in [-0.2, -0.15) is 0 Å². The summed E-state index contributed by atoms with van der Waals surface area (Å²) in [6, 6.07) is 1.17. The van der Waals surface area contributed by atoms with Crippen LogP contribution in [0.15, 0.2) is 0 Å². The molecule has 4 nitrogen and oxygen atoms in total. The van der Waals surface area contributed by atoms with Crippen LogP contribution in [0.25, 0.3) is 0 Å². The maximum absolute atomic E-state index is 11.9. The molecule has 0 aromatic rings. The van der Waals surface area contributed by atoms with Crippen molar-refractivity contribution < 1.29 is 4.79 Å². The van der Waals surface area contributed by atoms with E-state index in [1.54, 1.807) is 0 Å². The molecule has 2 atom stereocenters. The number of carbonyl (C=O) groups is 1. The highest BCUT2D eigenvalue weighted by Gasteiger charge is 2.40. The van der Waals surface area contributed by atoms with Crippen LogP contribution in [-0.2, 0) is 4.79 Å². The van der Waals surface area contributed by atoms with E-state index in [-0.39, 0.29) is 0 Å². The lowest BCUT2D eigenvalue weighted by Crippen LogP contribution is -2.56. The summed E-state index contributed by atoms with van der Waals surface area (Å²) in [6.07, 6.45) is 5.18. The van der Waals surface area contributed by atoms with Crippen molar-refractivity contribution in [3.05, 3.63) is 0 Å². The standard InChI is InChI=1S/C12H21N3O/c16-12-9-13-5-8-15(12)11-4-7-14-6-2-1-3-10(11)14/h10-11,13H,1-9H2. The molecule has 16 heavy (non-hydrogen) atoms. The predicted molar refractivity (Wildman–Crippen MR) is 62.2 cm³/mol. The summed E-state index contributed by atoms with van der Waals surface area (Å²) in [5.74, 6) is 0.309. The highest BCUT2D eigenvalue weighted by molar-refractivity contribution is 5.79. The summed E-state index contributed by atoms with van der Waals surface area (Å²) >= 11 is 0. The van der Waals surface area contributed by atoms with Crippen molar-refractivity contribution in [3.63, 3.8) is 0 Å². The maximum atomic E-state index is 11.9. The molecule has 3 aliphatic rings. The Balaban J connectivity index is 1.71. The first-order valence-electron chi connectivity index (χ1n) is 6.60. The highest BCUT2D eigenvalue weighted by atomic mass is 16.2. The minimum Gasteiger partial charge on any atom is -0.336 e. The molecule has 90 valence electrons. The summed E-state index contributed by atoms with van der Waals surface area (Å²) < 4.78 is 0. The van der Waals surface area contributed by atoms with E-state index < -0.39 is 0 Å². The number of carbonyl (C=O) groups excluding carboxylic acids is 1. The van der Waals surface area contributed by atoms with Gasteiger partial charge in [-0.25, -0.2) is 0 Å². The van der Waals surface area contributed by atoms with Crippen molar-refractivity contribution in [2.45, 2.75) is 37.8 Å². The third kappa shape index (κ3) is 1.74. The third-order valence-electron chi connectivity index (χ3n) is 4.35. The number of nitrogens with zero attached hydrogens (tertiary/aromatic N) is 2. The van der Waals surface area contributed by atoms with Crippen molar-refractivity contribution in [1.82, 2.24) is 15.1 Å². The molecule has 3 fully saturated rings. The van der Waals surface area contributed by atoms with E-state index in [4.69, 9.17) is 0 Å². The SMILES string of the molecule is O=C1CNCCN1C1CCN2CCCCC12. The van der Waals surface area contributed by atoms with E-state index in [2.05, 4.69) is 15.1 Å². The fourth-order valence-corrected chi connectivity index (χ4v) is 3.56. The summed E-state index contributed by atoms with van der Waals surface area (Å²) in [6.45, 7) is 4.88. The highest BCUT2D eigenvalue weighted by Crippen LogP contribution is 2.30. The Kier molecular flexibility index (Phi) is 2.86. The van der Waals surface area contributed by atoms with Crippen LogP contribution in [0.3, 0.4) is 0 Å². The number of rotatable bonds is 1. The van der Waals surface area contributed by atoms with Crippen LogP contribution in [-0.4, -0.2) is 60.5 Å². The Morgan fingerprint density at radius 1 is 1.06 bits per heavy atom. The summed E-state index contributed by atoms with van der Waals surface area (Å²) in [7, 11) is 0. The first-order valence-corrected chi connectivity index (χ1v) is 6.60. The van der Waals surface area contributed by atoms with Gasteiger partial charge in [-0.1, -0.05) is 6.42 Å². The summed E-state index contributed by atoms with van der Waals surface area (Å²) in [5.41, 5.74) is 0. The fourth-order valence-electron chi connectivity index (χ4n) is 3.56. The summed E-state index contributed by atoms with van der Waals surface area (Å²) in [5, 5.41) is 3.16. The Hall–Kier alpha value is -0.610. The number of piperazine rings is 1. The van der Waals surface area contributed by atoms with Crippen molar-refractivity contribution in [2.75, 3.05) is 32.7 Å². The molecule has 1 amide bonds. The minimum absolute atomic E-state index is 0.309. The Morgan fingerprint density at radius 2 is 2.00 bits per heavy atom. The first kappa shape index (κ1) is 10.5. The van der Waals surface area contributed by atoms with E-state index in [1.165, 1.54) is 38.8 Å². The normalized spacial score (nSPS) is 36.5. The van der Waals surface area contributed by atoms with Crippen LogP contribution in [0, 0.1) is 0 Å². The van der Waals surface area contributed by atoms with Crippen LogP contribution in [0.2, 0.25) is 0 Å². The molecule has 3 heterocycles. The number of amides is 1. The van der Waals surface area contributed by atoms with Gasteiger partial charge in [-0.05, 0) is 25.8 Å². The van der Waals surface area contributed by atoms with Gasteiger partial charge in [0.2, 0.25) is 5.91 Å². The van der Waals surface area contributed by atoms with E-state index in [1.807, 2.05) is 0 Å². The lowest BCUT2D eigenvalue weighted by atomic mass is 9.97. The lowest BCUT2D eigenvalue weighted by molar-refractivity contribution is -0.135. The second kappa shape index (κ2) is 4.34. The molecular formula is C12H21N3O. The average molecular weight is 223 g/mol. The molecule has 0 aromatic heterocycles. The van der Waals surface area contributed by atoms with Gasteiger partial charge < -0.3 is 10.2 Å². The smallest absolute Gasteiger partial charge is 0.236 e. The monoisotopic (exact) mass is 223 g/mol. The van der Waals surface area contributed by atoms with Crippen LogP contribution >= 0.6 is 0 Å². The largest absolute Gasteiger partial charge is 0.336 e. The minimum atomic E-state index is 0.309. The molecule has 0 aliphatic carbocycles. The second-order valence-electron chi connectivity index (χ2n) is 5.22. The van der Waals surface area contributed by atoms with Gasteiger partial charge in [0.25, 0.3) is 0 Å². The molecule has 1 N–H and O–H groups in total. The van der Waals surface area contributed by atoms with E-state index in [0.29, 0.717) is 24.5 Å². The van der Waals surface area contributed by atoms with Crippen LogP contribution < -0.4 is 5.32 Å². The molecule has 3 saturated heterocycles. The van der Waals surface area contributed by atoms with Gasteiger partial charge in [0, 0.05) is 31.7 Å². The van der Waals surface area contributed by atoms with Crippen LogP contribution in [0.4, 0.5) is 0 Å². The molecule has 2 unspecified atom stereocenters. The number of hydrogen-bond donors (Lipinski definition) is 1. The molecule has 0 aromatic carbocycles. The Labute approximate surface area is 97.0 Å². The van der Waals surface area contributed by atoms with Gasteiger partial charge in [-0.3, -0.25) is 9.69 Å². The number of piperidine rings is 1. The van der Waals surface area contributed by atoms with Crippen molar-refractivity contribution >= 4 is 5.91 Å². The van der Waals surface area contributed by atoms with Gasteiger partial charge >= 0.3 is 0 Å². The lowest BCUT2D eigenvalue weighted by Gasteiger charge is -2.39. The average Bonchev–Trinajstić information content (AvgIpc) is 2.74. The van der Waals surface area contributed by atoms with E-state index >= 15 is 0 Å². The molecule has 3 rings (SSSR count). The van der Waals surface area contributed by atoms with Crippen molar-refractivity contribution in [1.29, 1.82) is 0 Å². The van der Waals surface area contributed by atoms with Crippen LogP contribution in [0.5, 0.6) is 0 Å². The van der Waals surface area contributed by atoms with Gasteiger partial charge in [-0.15, -0.1) is 0 Å². The van der Waals surface area contributed by atoms with Gasteiger partial charge in [0.15, 0.2) is 0 Å². The van der Waals surface area contributed by atoms with Gasteiger partial charge in [0.1, 0.15) is 0 Å². The molecule has 3 aliphatic heterocycles. The Bertz CT molecular complexity index is 281. The van der Waals surface area contributed by atoms with Crippen molar-refractivity contribution in [3.8, 4) is 0 Å². The third-order valence-corrected chi connectivity index (χ3v) is 4.35. The topological polar surface area (TPSA) is 35.6 Å². The number of fused-ring (bicyclic) bond motifs is 1. The quantitative estimate of drug-likeness (QED) is 0.682. The molecule has 0 radical (unpaired) electrons. The van der Waals surface area contributed by atoms with E-state index in [9.17, 15) is 4.79 Å². The predicted octanol–water partition coefficient (Wildman–Crippen LogP) is 0.0450.